The van der Waals surface area contributed by atoms with E-state index in [4.69, 9.17) is 4.74 Å². The van der Waals surface area contributed by atoms with Crippen LogP contribution in [-0.2, 0) is 9.53 Å². The van der Waals surface area contributed by atoms with E-state index < -0.39 is 0 Å². The summed E-state index contributed by atoms with van der Waals surface area (Å²) in [6.07, 6.45) is 3.44. The minimum Gasteiger partial charge on any atom is -0.373 e. The number of carbonyl (C=O) groups excluding carboxylic acids is 3. The van der Waals surface area contributed by atoms with Crippen LogP contribution in [0.25, 0.3) is 10.8 Å². The van der Waals surface area contributed by atoms with E-state index in [0.717, 1.165) is 56.3 Å². The highest BCUT2D eigenvalue weighted by atomic mass is 16.5. The molecule has 2 fully saturated rings. The molecule has 2 aromatic carbocycles. The maximum atomic E-state index is 13.0. The van der Waals surface area contributed by atoms with Crippen molar-refractivity contribution in [2.45, 2.75) is 51.7 Å². The van der Waals surface area contributed by atoms with Gasteiger partial charge in [0.25, 0.3) is 11.8 Å². The summed E-state index contributed by atoms with van der Waals surface area (Å²) in [6, 6.07) is 11.1. The molecule has 0 aliphatic carbocycles. The molecule has 5 rings (SSSR count). The fourth-order valence-corrected chi connectivity index (χ4v) is 5.99. The highest BCUT2D eigenvalue weighted by Gasteiger charge is 2.33. The van der Waals surface area contributed by atoms with E-state index in [0.29, 0.717) is 29.9 Å². The molecular formula is C28H35N3O4. The molecule has 2 atom stereocenters. The Kier molecular flexibility index (Phi) is 6.89. The van der Waals surface area contributed by atoms with Gasteiger partial charge in [-0.05, 0) is 56.5 Å². The van der Waals surface area contributed by atoms with Crippen molar-refractivity contribution in [3.63, 3.8) is 0 Å². The number of nitrogens with zero attached hydrogens (tertiary/aromatic N) is 3. The smallest absolute Gasteiger partial charge is 0.261 e. The predicted molar refractivity (Wildman–Crippen MR) is 134 cm³/mol. The number of morpholine rings is 1. The van der Waals surface area contributed by atoms with Crippen molar-refractivity contribution in [3.05, 3.63) is 47.5 Å². The Morgan fingerprint density at radius 3 is 2.14 bits per heavy atom. The predicted octanol–water partition coefficient (Wildman–Crippen LogP) is 3.56. The molecule has 0 N–H and O–H groups in total. The van der Waals surface area contributed by atoms with Gasteiger partial charge < -0.3 is 9.64 Å². The van der Waals surface area contributed by atoms with Crippen LogP contribution < -0.4 is 0 Å². The average Bonchev–Trinajstić information content (AvgIpc) is 2.84. The molecule has 3 heterocycles. The molecule has 2 unspecified atom stereocenters. The van der Waals surface area contributed by atoms with Gasteiger partial charge >= 0.3 is 0 Å². The highest BCUT2D eigenvalue weighted by Crippen LogP contribution is 2.30. The molecule has 2 saturated heterocycles. The van der Waals surface area contributed by atoms with Crippen molar-refractivity contribution < 1.29 is 19.1 Å². The number of ether oxygens (including phenoxy) is 1. The van der Waals surface area contributed by atoms with Crippen LogP contribution in [0.15, 0.2) is 36.4 Å². The van der Waals surface area contributed by atoms with Gasteiger partial charge in [-0.25, -0.2) is 0 Å². The lowest BCUT2D eigenvalue weighted by atomic mass is 9.94. The summed E-state index contributed by atoms with van der Waals surface area (Å²) in [4.78, 5) is 44.7. The normalized spacial score (nSPS) is 23.8. The zero-order valence-corrected chi connectivity index (χ0v) is 20.7. The van der Waals surface area contributed by atoms with Gasteiger partial charge in [-0.1, -0.05) is 24.3 Å². The van der Waals surface area contributed by atoms with E-state index in [2.05, 4.69) is 18.7 Å². The first-order valence-electron chi connectivity index (χ1n) is 12.9. The molecule has 3 aliphatic rings. The lowest BCUT2D eigenvalue weighted by Gasteiger charge is -2.39. The zero-order chi connectivity index (χ0) is 24.5. The molecule has 7 nitrogen and oxygen atoms in total. The molecule has 7 heteroatoms. The third-order valence-corrected chi connectivity index (χ3v) is 7.61. The van der Waals surface area contributed by atoms with E-state index in [1.165, 1.54) is 4.90 Å². The maximum Gasteiger partial charge on any atom is 0.261 e. The summed E-state index contributed by atoms with van der Waals surface area (Å²) in [5.74, 6) is 0.207. The van der Waals surface area contributed by atoms with Gasteiger partial charge in [0.05, 0.1) is 12.2 Å². The van der Waals surface area contributed by atoms with E-state index in [-0.39, 0.29) is 36.5 Å². The number of hydrogen-bond donors (Lipinski definition) is 0. The molecule has 3 amide bonds. The Labute approximate surface area is 207 Å². The van der Waals surface area contributed by atoms with Crippen molar-refractivity contribution in [3.8, 4) is 0 Å². The molecule has 0 saturated carbocycles. The van der Waals surface area contributed by atoms with E-state index in [1.54, 1.807) is 12.1 Å². The summed E-state index contributed by atoms with van der Waals surface area (Å²) in [7, 11) is 0. The number of imide groups is 1. The van der Waals surface area contributed by atoms with Gasteiger partial charge in [-0.2, -0.15) is 0 Å². The Hall–Kier alpha value is -2.77. The fraction of sp³-hybridized carbons (Fsp3) is 0.536. The molecule has 0 bridgehead atoms. The van der Waals surface area contributed by atoms with Crippen molar-refractivity contribution in [2.24, 2.45) is 5.92 Å². The minimum atomic E-state index is -0.265. The summed E-state index contributed by atoms with van der Waals surface area (Å²) in [6.45, 7) is 9.15. The number of likely N-dealkylation sites (tertiary alicyclic amines) is 1. The van der Waals surface area contributed by atoms with Crippen molar-refractivity contribution in [1.82, 2.24) is 14.7 Å². The Bertz CT molecular complexity index is 1060. The number of hydrogen-bond acceptors (Lipinski definition) is 5. The Morgan fingerprint density at radius 1 is 0.943 bits per heavy atom. The quantitative estimate of drug-likeness (QED) is 0.595. The van der Waals surface area contributed by atoms with Crippen molar-refractivity contribution in [2.75, 3.05) is 39.3 Å². The van der Waals surface area contributed by atoms with Crippen LogP contribution in [0.1, 0.15) is 60.2 Å². The van der Waals surface area contributed by atoms with Crippen LogP contribution in [0.5, 0.6) is 0 Å². The summed E-state index contributed by atoms with van der Waals surface area (Å²) < 4.78 is 5.84. The van der Waals surface area contributed by atoms with Crippen LogP contribution >= 0.6 is 0 Å². The van der Waals surface area contributed by atoms with Gasteiger partial charge in [-0.15, -0.1) is 0 Å². The standard InChI is InChI=1S/C28H35N3O4/c1-19-16-29(17-20(2)35-19)18-21-11-14-30(15-12-21)25(32)10-5-13-31-27(33)23-8-3-6-22-7-4-9-24(26(22)23)28(31)34/h3-4,6-9,19-21H,5,10-18H2,1-2H3. The maximum absolute atomic E-state index is 13.0. The third kappa shape index (κ3) is 4.98. The van der Waals surface area contributed by atoms with Gasteiger partial charge in [0.2, 0.25) is 5.91 Å². The lowest BCUT2D eigenvalue weighted by molar-refractivity contribution is -0.133. The molecule has 186 valence electrons. The molecule has 3 aliphatic heterocycles. The summed E-state index contributed by atoms with van der Waals surface area (Å²) >= 11 is 0. The second kappa shape index (κ2) is 10.1. The second-order valence-electron chi connectivity index (χ2n) is 10.4. The van der Waals surface area contributed by atoms with Gasteiger partial charge in [0.1, 0.15) is 0 Å². The van der Waals surface area contributed by atoms with E-state index >= 15 is 0 Å². The van der Waals surface area contributed by atoms with Crippen LogP contribution in [0.4, 0.5) is 0 Å². The number of benzene rings is 2. The summed E-state index contributed by atoms with van der Waals surface area (Å²) in [5.41, 5.74) is 1.13. The number of rotatable bonds is 6. The molecule has 0 radical (unpaired) electrons. The van der Waals surface area contributed by atoms with Crippen LogP contribution in [0.2, 0.25) is 0 Å². The van der Waals surface area contributed by atoms with Crippen LogP contribution in [0, 0.1) is 5.92 Å². The molecular weight excluding hydrogens is 442 g/mol. The fourth-order valence-electron chi connectivity index (χ4n) is 5.99. The average molecular weight is 478 g/mol. The third-order valence-electron chi connectivity index (χ3n) is 7.61. The molecule has 0 aromatic heterocycles. The monoisotopic (exact) mass is 477 g/mol. The lowest BCUT2D eigenvalue weighted by Crippen LogP contribution is -2.48. The minimum absolute atomic E-state index is 0.122. The molecule has 2 aromatic rings. The van der Waals surface area contributed by atoms with Gasteiger partial charge in [-0.3, -0.25) is 24.2 Å². The van der Waals surface area contributed by atoms with Crippen LogP contribution in [-0.4, -0.2) is 83.9 Å². The molecule has 0 spiro atoms. The number of carbonyl (C=O) groups is 3. The Balaban J connectivity index is 1.10. The first-order chi connectivity index (χ1) is 16.9. The van der Waals surface area contributed by atoms with Crippen molar-refractivity contribution in [1.29, 1.82) is 0 Å². The highest BCUT2D eigenvalue weighted by molar-refractivity contribution is 6.25. The summed E-state index contributed by atoms with van der Waals surface area (Å²) in [5, 5.41) is 1.64. The van der Waals surface area contributed by atoms with Crippen LogP contribution in [0.3, 0.4) is 0 Å². The SMILES string of the molecule is CC1CN(CC2CCN(C(=O)CCCN3C(=O)c4cccc5cccc(c45)C3=O)CC2)CC(C)O1. The number of amides is 3. The first-order valence-corrected chi connectivity index (χ1v) is 12.9. The zero-order valence-electron chi connectivity index (χ0n) is 20.7. The van der Waals surface area contributed by atoms with Gasteiger partial charge in [0.15, 0.2) is 0 Å². The second-order valence-corrected chi connectivity index (χ2v) is 10.4. The topological polar surface area (TPSA) is 70.2 Å². The Morgan fingerprint density at radius 2 is 1.54 bits per heavy atom. The van der Waals surface area contributed by atoms with E-state index in [1.807, 2.05) is 29.2 Å². The van der Waals surface area contributed by atoms with Crippen molar-refractivity contribution >= 4 is 28.5 Å². The number of piperidine rings is 1. The van der Waals surface area contributed by atoms with E-state index in [9.17, 15) is 14.4 Å². The first kappa shape index (κ1) is 23.9. The van der Waals surface area contributed by atoms with Gasteiger partial charge in [0, 0.05) is 62.2 Å². The largest absolute Gasteiger partial charge is 0.373 e. The molecule has 35 heavy (non-hydrogen) atoms.